The van der Waals surface area contributed by atoms with Crippen molar-refractivity contribution in [2.75, 3.05) is 12.8 Å². The molecule has 2 aromatic rings. The molecule has 1 amide bonds. The van der Waals surface area contributed by atoms with E-state index in [1.54, 1.807) is 31.3 Å². The third-order valence-corrected chi connectivity index (χ3v) is 3.52. The molecule has 0 atom stereocenters. The third kappa shape index (κ3) is 5.14. The predicted molar refractivity (Wildman–Crippen MR) is 91.9 cm³/mol. The number of aryl methyl sites for hydroxylation is 3. The Balaban J connectivity index is 0.000000231. The van der Waals surface area contributed by atoms with Crippen molar-refractivity contribution in [2.45, 2.75) is 20.8 Å². The average molecular weight is 314 g/mol. The van der Waals surface area contributed by atoms with Crippen LogP contribution in [-0.2, 0) is 0 Å². The van der Waals surface area contributed by atoms with Gasteiger partial charge in [-0.1, -0.05) is 12.1 Å². The van der Waals surface area contributed by atoms with E-state index in [1.165, 1.54) is 0 Å². The molecule has 0 aliphatic carbocycles. The highest BCUT2D eigenvalue weighted by Crippen LogP contribution is 2.12. The van der Waals surface area contributed by atoms with Gasteiger partial charge in [0.15, 0.2) is 0 Å². The molecule has 0 unspecified atom stereocenters. The van der Waals surface area contributed by atoms with Crippen LogP contribution in [-0.4, -0.2) is 24.0 Å². The molecule has 2 rings (SSSR count). The van der Waals surface area contributed by atoms with E-state index in [9.17, 15) is 9.59 Å². The predicted octanol–water partition coefficient (Wildman–Crippen LogP) is 2.94. The summed E-state index contributed by atoms with van der Waals surface area (Å²) in [6, 6.07) is 10.4. The van der Waals surface area contributed by atoms with Crippen molar-refractivity contribution in [1.82, 2.24) is 5.32 Å². The lowest BCUT2D eigenvalue weighted by Crippen LogP contribution is -2.17. The van der Waals surface area contributed by atoms with Crippen molar-refractivity contribution in [3.63, 3.8) is 0 Å². The second-order valence-electron chi connectivity index (χ2n) is 5.25. The second-order valence-corrected chi connectivity index (χ2v) is 5.25. The highest BCUT2D eigenvalue weighted by atomic mass is 16.4. The maximum absolute atomic E-state index is 11.1. The number of nitrogen functional groups attached to an aromatic ring is 1. The van der Waals surface area contributed by atoms with E-state index in [1.807, 2.05) is 32.9 Å². The van der Waals surface area contributed by atoms with E-state index in [-0.39, 0.29) is 5.91 Å². The van der Waals surface area contributed by atoms with Crippen LogP contribution in [0.3, 0.4) is 0 Å². The van der Waals surface area contributed by atoms with Crippen molar-refractivity contribution in [3.05, 3.63) is 64.2 Å². The van der Waals surface area contributed by atoms with Crippen molar-refractivity contribution in [3.8, 4) is 0 Å². The minimum absolute atomic E-state index is 0.110. The number of benzene rings is 2. The summed E-state index contributed by atoms with van der Waals surface area (Å²) >= 11 is 0. The molecule has 5 nitrogen and oxygen atoms in total. The number of hydrogen-bond acceptors (Lipinski definition) is 3. The maximum Gasteiger partial charge on any atom is 0.335 e. The summed E-state index contributed by atoms with van der Waals surface area (Å²) < 4.78 is 0. The summed E-state index contributed by atoms with van der Waals surface area (Å²) in [4.78, 5) is 21.6. The van der Waals surface area contributed by atoms with Gasteiger partial charge in [-0.2, -0.15) is 0 Å². The van der Waals surface area contributed by atoms with Crippen LogP contribution in [0.25, 0.3) is 0 Å². The summed E-state index contributed by atoms with van der Waals surface area (Å²) in [7, 11) is 1.60. The van der Waals surface area contributed by atoms with E-state index in [2.05, 4.69) is 5.32 Å². The number of hydrogen-bond donors (Lipinski definition) is 3. The van der Waals surface area contributed by atoms with E-state index >= 15 is 0 Å². The van der Waals surface area contributed by atoms with Gasteiger partial charge in [0.25, 0.3) is 5.91 Å². The molecule has 0 saturated carbocycles. The zero-order chi connectivity index (χ0) is 17.6. The Morgan fingerprint density at radius 2 is 1.48 bits per heavy atom. The summed E-state index contributed by atoms with van der Waals surface area (Å²) in [5.41, 5.74) is 10.4. The van der Waals surface area contributed by atoms with Gasteiger partial charge in [0, 0.05) is 18.3 Å². The minimum atomic E-state index is -0.867. The molecule has 23 heavy (non-hydrogen) atoms. The topological polar surface area (TPSA) is 92.4 Å². The summed E-state index contributed by atoms with van der Waals surface area (Å²) in [5.74, 6) is -0.977. The Hall–Kier alpha value is -2.82. The number of carboxylic acid groups (broad SMARTS) is 1. The number of carbonyl (C=O) groups is 2. The summed E-state index contributed by atoms with van der Waals surface area (Å²) in [6.07, 6.45) is 0. The van der Waals surface area contributed by atoms with Gasteiger partial charge >= 0.3 is 5.97 Å². The van der Waals surface area contributed by atoms with Crippen LogP contribution in [0.5, 0.6) is 0 Å². The zero-order valence-electron chi connectivity index (χ0n) is 13.8. The molecule has 0 radical (unpaired) electrons. The standard InChI is InChI=1S/C9H12N2O.C9H10O2/c1-6-3-4-7(5-8(6)10)9(12)11-2;1-6-3-4-8(9(10)11)5-7(6)2/h3-5H,10H2,1-2H3,(H,11,12);3-5H,1-2H3,(H,10,11). The number of nitrogens with two attached hydrogens (primary N) is 1. The fourth-order valence-corrected chi connectivity index (χ4v) is 1.80. The first-order valence-corrected chi connectivity index (χ1v) is 7.15. The average Bonchev–Trinajstić information content (AvgIpc) is 2.52. The van der Waals surface area contributed by atoms with Crippen molar-refractivity contribution < 1.29 is 14.7 Å². The molecule has 0 saturated heterocycles. The Morgan fingerprint density at radius 3 is 1.96 bits per heavy atom. The smallest absolute Gasteiger partial charge is 0.335 e. The number of nitrogens with one attached hydrogen (secondary N) is 1. The molecule has 0 heterocycles. The number of aromatic carboxylic acids is 1. The minimum Gasteiger partial charge on any atom is -0.478 e. The van der Waals surface area contributed by atoms with Crippen LogP contribution in [0.15, 0.2) is 36.4 Å². The van der Waals surface area contributed by atoms with Crippen molar-refractivity contribution >= 4 is 17.6 Å². The molecular weight excluding hydrogens is 292 g/mol. The SMILES string of the molecule is CNC(=O)c1ccc(C)c(N)c1.Cc1ccc(C(=O)O)cc1C. The maximum atomic E-state index is 11.1. The van der Waals surface area contributed by atoms with Gasteiger partial charge in [-0.05, 0) is 61.7 Å². The summed E-state index contributed by atoms with van der Waals surface area (Å²) in [6.45, 7) is 5.77. The van der Waals surface area contributed by atoms with Crippen LogP contribution < -0.4 is 11.1 Å². The largest absolute Gasteiger partial charge is 0.478 e. The van der Waals surface area contributed by atoms with Crippen LogP contribution in [0.4, 0.5) is 5.69 Å². The quantitative estimate of drug-likeness (QED) is 0.743. The molecule has 0 aliphatic heterocycles. The lowest BCUT2D eigenvalue weighted by Gasteiger charge is -2.02. The van der Waals surface area contributed by atoms with Gasteiger partial charge in [0.2, 0.25) is 0 Å². The highest BCUT2D eigenvalue weighted by Gasteiger charge is 2.03. The number of carboxylic acids is 1. The van der Waals surface area contributed by atoms with E-state index in [4.69, 9.17) is 10.8 Å². The fraction of sp³-hybridized carbons (Fsp3) is 0.222. The fourth-order valence-electron chi connectivity index (χ4n) is 1.80. The van der Waals surface area contributed by atoms with Crippen LogP contribution in [0.2, 0.25) is 0 Å². The first-order valence-electron chi connectivity index (χ1n) is 7.15. The number of rotatable bonds is 2. The van der Waals surface area contributed by atoms with Gasteiger partial charge in [0.1, 0.15) is 0 Å². The Morgan fingerprint density at radius 1 is 0.913 bits per heavy atom. The molecule has 0 aliphatic rings. The molecule has 0 aromatic heterocycles. The summed E-state index contributed by atoms with van der Waals surface area (Å²) in [5, 5.41) is 11.1. The molecule has 0 fully saturated rings. The molecule has 0 spiro atoms. The third-order valence-electron chi connectivity index (χ3n) is 3.52. The van der Waals surface area contributed by atoms with Gasteiger partial charge in [0.05, 0.1) is 5.56 Å². The lowest BCUT2D eigenvalue weighted by atomic mass is 10.1. The highest BCUT2D eigenvalue weighted by molar-refractivity contribution is 5.95. The monoisotopic (exact) mass is 314 g/mol. The molecule has 122 valence electrons. The van der Waals surface area contributed by atoms with Crippen molar-refractivity contribution in [2.24, 2.45) is 0 Å². The van der Waals surface area contributed by atoms with Crippen LogP contribution >= 0.6 is 0 Å². The van der Waals surface area contributed by atoms with E-state index in [0.717, 1.165) is 16.7 Å². The first kappa shape index (κ1) is 18.2. The van der Waals surface area contributed by atoms with Gasteiger partial charge in [-0.15, -0.1) is 0 Å². The van der Waals surface area contributed by atoms with Gasteiger partial charge in [-0.25, -0.2) is 4.79 Å². The second kappa shape index (κ2) is 7.98. The van der Waals surface area contributed by atoms with Crippen LogP contribution in [0, 0.1) is 20.8 Å². The number of anilines is 1. The number of carbonyl (C=O) groups excluding carboxylic acids is 1. The molecule has 0 bridgehead atoms. The Bertz CT molecular complexity index is 724. The van der Waals surface area contributed by atoms with E-state index < -0.39 is 5.97 Å². The lowest BCUT2D eigenvalue weighted by molar-refractivity contribution is 0.0696. The van der Waals surface area contributed by atoms with Crippen LogP contribution in [0.1, 0.15) is 37.4 Å². The molecule has 4 N–H and O–H groups in total. The van der Waals surface area contributed by atoms with Crippen molar-refractivity contribution in [1.29, 1.82) is 0 Å². The number of amides is 1. The molecular formula is C18H22N2O3. The zero-order valence-corrected chi connectivity index (χ0v) is 13.8. The Kier molecular flexibility index (Phi) is 6.33. The van der Waals surface area contributed by atoms with Gasteiger partial charge < -0.3 is 16.2 Å². The molecule has 2 aromatic carbocycles. The van der Waals surface area contributed by atoms with Gasteiger partial charge in [-0.3, -0.25) is 4.79 Å². The van der Waals surface area contributed by atoms with E-state index in [0.29, 0.717) is 16.8 Å². The Labute approximate surface area is 136 Å². The normalized spacial score (nSPS) is 9.57. The first-order chi connectivity index (χ1) is 10.8. The molecule has 5 heteroatoms.